The van der Waals surface area contributed by atoms with Crippen molar-refractivity contribution < 1.29 is 42.8 Å². The summed E-state index contributed by atoms with van der Waals surface area (Å²) in [6.07, 6.45) is 5.15. The van der Waals surface area contributed by atoms with Gasteiger partial charge in [0.15, 0.2) is 5.88 Å². The van der Waals surface area contributed by atoms with E-state index in [-0.39, 0.29) is 71.3 Å². The number of nitrogens with two attached hydrogens (primary N) is 1. The molecule has 0 spiro atoms. The highest BCUT2D eigenvalue weighted by atomic mass is 32.2. The summed E-state index contributed by atoms with van der Waals surface area (Å²) in [4.78, 5) is 30.9. The second-order valence-electron chi connectivity index (χ2n) is 16.8. The SMILES string of the molecule is CCC(=N/C(=C(\C(=C/C(=O)NC(C)Cn1cc(Cn2c(O)cc(SCC(N)C(=O)O)c2O)nn1)CCC1CNCC1F)C1CCOCC1)C(C)Cc1ccccc1)c1cc(F)ccc1F. The zero-order valence-corrected chi connectivity index (χ0v) is 37.7. The maximum atomic E-state index is 15.5. The quantitative estimate of drug-likeness (QED) is 0.0229. The van der Waals surface area contributed by atoms with Gasteiger partial charge in [-0.15, -0.1) is 16.9 Å². The number of thioether (sulfide) groups is 1. The Morgan fingerprint density at radius 2 is 1.86 bits per heavy atom. The summed E-state index contributed by atoms with van der Waals surface area (Å²) in [6.45, 7) is 7.61. The van der Waals surface area contributed by atoms with Crippen LogP contribution in [0.2, 0.25) is 0 Å². The van der Waals surface area contributed by atoms with Crippen LogP contribution in [-0.2, 0) is 33.8 Å². The lowest BCUT2D eigenvalue weighted by Gasteiger charge is -2.31. The van der Waals surface area contributed by atoms with E-state index in [0.717, 1.165) is 41.1 Å². The van der Waals surface area contributed by atoms with Crippen molar-refractivity contribution >= 4 is 29.4 Å². The molecule has 2 saturated heterocycles. The largest absolute Gasteiger partial charge is 0.494 e. The van der Waals surface area contributed by atoms with E-state index in [2.05, 4.69) is 27.9 Å². The number of allylic oxidation sites excluding steroid dienone is 3. The van der Waals surface area contributed by atoms with E-state index in [1.807, 2.05) is 44.2 Å². The number of aliphatic imine (C=N–C) groups is 1. The Kier molecular flexibility index (Phi) is 17.5. The highest BCUT2D eigenvalue weighted by Crippen LogP contribution is 2.39. The summed E-state index contributed by atoms with van der Waals surface area (Å²) in [7, 11) is 0. The summed E-state index contributed by atoms with van der Waals surface area (Å²) in [6, 6.07) is 13.0. The molecule has 2 fully saturated rings. The molecule has 0 radical (unpaired) electrons. The molecule has 4 heterocycles. The number of amides is 1. The molecule has 2 aromatic heterocycles. The van der Waals surface area contributed by atoms with Crippen molar-refractivity contribution in [3.63, 3.8) is 0 Å². The molecular formula is C47H59F3N8O6S. The maximum Gasteiger partial charge on any atom is 0.321 e. The first-order valence-corrected chi connectivity index (χ1v) is 23.1. The number of nitrogens with one attached hydrogen (secondary N) is 2. The van der Waals surface area contributed by atoms with Crippen molar-refractivity contribution in [2.45, 2.75) is 95.5 Å². The summed E-state index contributed by atoms with van der Waals surface area (Å²) in [5, 5.41) is 45.0. The van der Waals surface area contributed by atoms with Gasteiger partial charge in [-0.1, -0.05) is 49.4 Å². The number of aromatic hydroxyl groups is 2. The molecule has 1 amide bonds. The molecule has 7 N–H and O–H groups in total. The number of rotatable bonds is 21. The standard InChI is InChI=1S/C47H59F3N8O6S/c1-4-40(36-20-34(48)12-13-37(36)49)54-45(28(2)18-30-8-6-5-7-9-30)44(31-14-16-64-17-15-31)32(10-11-33-22-52-23-38(33)50)19-42(59)53-29(3)24-57-25-35(55-56-57)26-58-43(60)21-41(46(58)61)65-27-39(51)47(62)63/h5-9,12-13,19-21,25,28-29,31,33,38-39,52,60-61H,4,10-11,14-18,22-24,26-27,51H2,1-3H3,(H,53,59)(H,62,63)/b32-19-,45-44-,54-40?. The third-order valence-electron chi connectivity index (χ3n) is 11.8. The number of alkyl halides is 1. The third kappa shape index (κ3) is 13.3. The van der Waals surface area contributed by atoms with Crippen LogP contribution in [0.4, 0.5) is 13.2 Å². The van der Waals surface area contributed by atoms with Crippen molar-refractivity contribution in [2.75, 3.05) is 32.1 Å². The molecule has 5 atom stereocenters. The molecule has 5 unspecified atom stereocenters. The number of benzene rings is 2. The number of carbonyl (C=O) groups is 2. The van der Waals surface area contributed by atoms with E-state index < -0.39 is 35.9 Å². The Morgan fingerprint density at radius 3 is 2.55 bits per heavy atom. The van der Waals surface area contributed by atoms with E-state index in [0.29, 0.717) is 81.0 Å². The molecule has 65 heavy (non-hydrogen) atoms. The molecule has 6 rings (SSSR count). The number of carbonyl (C=O) groups excluding carboxylic acids is 1. The lowest BCUT2D eigenvalue weighted by molar-refractivity contribution is -0.137. The smallest absolute Gasteiger partial charge is 0.321 e. The lowest BCUT2D eigenvalue weighted by Crippen LogP contribution is -2.35. The monoisotopic (exact) mass is 920 g/mol. The van der Waals surface area contributed by atoms with Crippen LogP contribution in [0, 0.1) is 29.4 Å². The van der Waals surface area contributed by atoms with Crippen LogP contribution in [-0.4, -0.2) is 103 Å². The number of aliphatic carboxylic acids is 1. The molecule has 2 aliphatic heterocycles. The van der Waals surface area contributed by atoms with Gasteiger partial charge in [-0.2, -0.15) is 0 Å². The van der Waals surface area contributed by atoms with Gasteiger partial charge in [0, 0.05) is 73.3 Å². The number of ether oxygens (including phenoxy) is 1. The van der Waals surface area contributed by atoms with Crippen LogP contribution in [0.3, 0.4) is 0 Å². The van der Waals surface area contributed by atoms with Crippen molar-refractivity contribution in [1.29, 1.82) is 0 Å². The molecule has 0 aliphatic carbocycles. The molecule has 0 bridgehead atoms. The number of nitrogens with zero attached hydrogens (tertiary/aromatic N) is 5. The van der Waals surface area contributed by atoms with E-state index in [4.69, 9.17) is 20.6 Å². The van der Waals surface area contributed by atoms with Crippen LogP contribution in [0.15, 0.2) is 93.6 Å². The average molecular weight is 921 g/mol. The Balaban J connectivity index is 1.32. The van der Waals surface area contributed by atoms with Gasteiger partial charge in [0.1, 0.15) is 29.5 Å². The Bertz CT molecular complexity index is 2350. The molecule has 2 aliphatic rings. The number of hydrogen-bond acceptors (Lipinski definition) is 11. The average Bonchev–Trinajstić information content (AvgIpc) is 3.99. The van der Waals surface area contributed by atoms with Gasteiger partial charge in [0.05, 0.1) is 29.9 Å². The molecule has 0 saturated carbocycles. The zero-order valence-electron chi connectivity index (χ0n) is 36.9. The van der Waals surface area contributed by atoms with E-state index in [1.165, 1.54) is 15.3 Å². The van der Waals surface area contributed by atoms with Crippen LogP contribution < -0.4 is 16.4 Å². The fourth-order valence-corrected chi connectivity index (χ4v) is 9.30. The maximum absolute atomic E-state index is 15.5. The van der Waals surface area contributed by atoms with Crippen molar-refractivity contribution in [3.8, 4) is 11.8 Å². The highest BCUT2D eigenvalue weighted by Gasteiger charge is 2.31. The molecule has 14 nitrogen and oxygen atoms in total. The van der Waals surface area contributed by atoms with Crippen molar-refractivity contribution in [1.82, 2.24) is 30.2 Å². The van der Waals surface area contributed by atoms with E-state index in [1.54, 1.807) is 12.3 Å². The number of hydrogen-bond donors (Lipinski definition) is 6. The van der Waals surface area contributed by atoms with Gasteiger partial charge in [0.25, 0.3) is 0 Å². The van der Waals surface area contributed by atoms with E-state index >= 15 is 8.78 Å². The minimum atomic E-state index is -1.18. The molecule has 350 valence electrons. The lowest BCUT2D eigenvalue weighted by atomic mass is 9.79. The van der Waals surface area contributed by atoms with Gasteiger partial charge in [-0.05, 0) is 86.3 Å². The van der Waals surface area contributed by atoms with Gasteiger partial charge >= 0.3 is 5.97 Å². The first kappa shape index (κ1) is 49.0. The highest BCUT2D eigenvalue weighted by molar-refractivity contribution is 7.99. The van der Waals surface area contributed by atoms with Gasteiger partial charge in [0.2, 0.25) is 11.8 Å². The number of aromatic nitrogens is 4. The predicted octanol–water partition coefficient (Wildman–Crippen LogP) is 6.55. The van der Waals surface area contributed by atoms with Crippen molar-refractivity contribution in [3.05, 3.63) is 112 Å². The first-order chi connectivity index (χ1) is 31.2. The number of halogens is 3. The molecular weight excluding hydrogens is 862 g/mol. The second-order valence-corrected chi connectivity index (χ2v) is 17.9. The second kappa shape index (κ2) is 23.2. The Hall–Kier alpha value is -5.43. The summed E-state index contributed by atoms with van der Waals surface area (Å²) in [5.41, 5.74) is 9.69. The predicted molar refractivity (Wildman–Crippen MR) is 242 cm³/mol. The van der Waals surface area contributed by atoms with Crippen molar-refractivity contribution in [2.24, 2.45) is 28.5 Å². The molecule has 2 aromatic carbocycles. The third-order valence-corrected chi connectivity index (χ3v) is 12.9. The summed E-state index contributed by atoms with van der Waals surface area (Å²) >= 11 is 0.994. The zero-order chi connectivity index (χ0) is 46.6. The summed E-state index contributed by atoms with van der Waals surface area (Å²) < 4.78 is 53.8. The fourth-order valence-electron chi connectivity index (χ4n) is 8.37. The number of carboxylic acid groups (broad SMARTS) is 1. The normalized spacial score (nSPS) is 19.2. The van der Waals surface area contributed by atoms with Crippen LogP contribution in [0.5, 0.6) is 11.8 Å². The first-order valence-electron chi connectivity index (χ1n) is 22.1. The minimum absolute atomic E-state index is 0.0217. The van der Waals surface area contributed by atoms with Crippen LogP contribution >= 0.6 is 11.8 Å². The minimum Gasteiger partial charge on any atom is -0.494 e. The number of carboxylic acids is 1. The Morgan fingerprint density at radius 1 is 1.11 bits per heavy atom. The van der Waals surface area contributed by atoms with Crippen LogP contribution in [0.25, 0.3) is 0 Å². The fraction of sp³-hybridized carbons (Fsp3) is 0.468. The molecule has 18 heteroatoms. The van der Waals surface area contributed by atoms with Crippen LogP contribution in [0.1, 0.15) is 69.7 Å². The van der Waals surface area contributed by atoms with Gasteiger partial charge < -0.3 is 36.4 Å². The van der Waals surface area contributed by atoms with E-state index in [9.17, 15) is 24.2 Å². The topological polar surface area (TPSA) is 202 Å². The van der Waals surface area contributed by atoms with Gasteiger partial charge in [-0.3, -0.25) is 23.8 Å². The Labute approximate surface area is 381 Å². The molecule has 4 aromatic rings. The summed E-state index contributed by atoms with van der Waals surface area (Å²) in [5.74, 6) is -3.92. The van der Waals surface area contributed by atoms with Gasteiger partial charge in [-0.25, -0.2) is 13.2 Å².